The maximum absolute atomic E-state index is 6.00. The molecule has 0 radical (unpaired) electrons. The Morgan fingerprint density at radius 2 is 2.37 bits per heavy atom. The summed E-state index contributed by atoms with van der Waals surface area (Å²) in [4.78, 5) is 5.57. The van der Waals surface area contributed by atoms with E-state index in [-0.39, 0.29) is 0 Å². The summed E-state index contributed by atoms with van der Waals surface area (Å²) in [6, 6.07) is 8.46. The zero-order chi connectivity index (χ0) is 13.5. The topological polar surface area (TPSA) is 24.9 Å². The second-order valence-electron chi connectivity index (χ2n) is 4.15. The predicted octanol–water partition coefficient (Wildman–Crippen LogP) is 4.11. The van der Waals surface area contributed by atoms with Crippen molar-refractivity contribution in [3.8, 4) is 0 Å². The Kier molecular flexibility index (Phi) is 6.17. The number of halogens is 1. The molecule has 1 heterocycles. The standard InChI is InChI=1S/C14H17ClN2S2/c1-2-16-12(9-14-17-6-7-18-14)10-19-13-5-3-4-11(15)8-13/h3-8,12,16H,2,9-10H2,1H3. The lowest BCUT2D eigenvalue weighted by Crippen LogP contribution is -2.33. The third-order valence-corrected chi connectivity index (χ3v) is 4.84. The average molecular weight is 313 g/mol. The summed E-state index contributed by atoms with van der Waals surface area (Å²) in [5, 5.41) is 7.54. The molecule has 2 aromatic rings. The minimum Gasteiger partial charge on any atom is -0.313 e. The van der Waals surface area contributed by atoms with Gasteiger partial charge in [-0.2, -0.15) is 0 Å². The molecule has 0 aliphatic carbocycles. The first kappa shape index (κ1) is 14.9. The van der Waals surface area contributed by atoms with Gasteiger partial charge in [-0.1, -0.05) is 24.6 Å². The van der Waals surface area contributed by atoms with Crippen molar-refractivity contribution in [1.82, 2.24) is 10.3 Å². The van der Waals surface area contributed by atoms with Crippen molar-refractivity contribution < 1.29 is 0 Å². The SMILES string of the molecule is CCNC(CSc1cccc(Cl)c1)Cc1nccs1. The third kappa shape index (κ3) is 5.15. The van der Waals surface area contributed by atoms with Crippen LogP contribution in [0.1, 0.15) is 11.9 Å². The Labute approximate surface area is 127 Å². The summed E-state index contributed by atoms with van der Waals surface area (Å²) in [7, 11) is 0. The van der Waals surface area contributed by atoms with Gasteiger partial charge in [0.2, 0.25) is 0 Å². The Morgan fingerprint density at radius 3 is 3.05 bits per heavy atom. The van der Waals surface area contributed by atoms with E-state index < -0.39 is 0 Å². The van der Waals surface area contributed by atoms with E-state index in [4.69, 9.17) is 11.6 Å². The molecule has 1 aromatic heterocycles. The van der Waals surface area contributed by atoms with E-state index in [1.165, 1.54) is 9.90 Å². The molecule has 0 spiro atoms. The van der Waals surface area contributed by atoms with Crippen LogP contribution in [0.3, 0.4) is 0 Å². The van der Waals surface area contributed by atoms with Gasteiger partial charge in [0, 0.05) is 39.7 Å². The number of hydrogen-bond acceptors (Lipinski definition) is 4. The normalized spacial score (nSPS) is 12.5. The molecule has 1 atom stereocenters. The van der Waals surface area contributed by atoms with Gasteiger partial charge in [0.25, 0.3) is 0 Å². The lowest BCUT2D eigenvalue weighted by Gasteiger charge is -2.16. The number of nitrogens with zero attached hydrogens (tertiary/aromatic N) is 1. The largest absolute Gasteiger partial charge is 0.313 e. The number of hydrogen-bond donors (Lipinski definition) is 1. The molecule has 2 rings (SSSR count). The molecule has 5 heteroatoms. The van der Waals surface area contributed by atoms with Crippen LogP contribution in [-0.4, -0.2) is 23.3 Å². The first-order chi connectivity index (χ1) is 9.28. The Hall–Kier alpha value is -0.550. The third-order valence-electron chi connectivity index (χ3n) is 2.64. The number of benzene rings is 1. The van der Waals surface area contributed by atoms with Gasteiger partial charge in [0.15, 0.2) is 0 Å². The molecule has 0 amide bonds. The zero-order valence-corrected chi connectivity index (χ0v) is 13.2. The molecule has 0 saturated carbocycles. The van der Waals surface area contributed by atoms with Gasteiger partial charge in [-0.05, 0) is 24.7 Å². The number of rotatable bonds is 7. The van der Waals surface area contributed by atoms with Crippen molar-refractivity contribution in [2.45, 2.75) is 24.3 Å². The summed E-state index contributed by atoms with van der Waals surface area (Å²) in [5.74, 6) is 1.02. The van der Waals surface area contributed by atoms with Crippen LogP contribution in [0.15, 0.2) is 40.7 Å². The van der Waals surface area contributed by atoms with Crippen molar-refractivity contribution in [2.24, 2.45) is 0 Å². The molecule has 1 unspecified atom stereocenters. The highest BCUT2D eigenvalue weighted by molar-refractivity contribution is 7.99. The minimum absolute atomic E-state index is 0.445. The van der Waals surface area contributed by atoms with E-state index in [0.717, 1.165) is 23.7 Å². The molecule has 0 fully saturated rings. The fourth-order valence-electron chi connectivity index (χ4n) is 1.80. The highest BCUT2D eigenvalue weighted by atomic mass is 35.5. The van der Waals surface area contributed by atoms with E-state index >= 15 is 0 Å². The highest BCUT2D eigenvalue weighted by Gasteiger charge is 2.10. The van der Waals surface area contributed by atoms with Gasteiger partial charge >= 0.3 is 0 Å². The van der Waals surface area contributed by atoms with E-state index in [9.17, 15) is 0 Å². The van der Waals surface area contributed by atoms with Crippen molar-refractivity contribution in [3.63, 3.8) is 0 Å². The van der Waals surface area contributed by atoms with Gasteiger partial charge in [-0.15, -0.1) is 23.1 Å². The summed E-state index contributed by atoms with van der Waals surface area (Å²) in [6.45, 7) is 3.12. The summed E-state index contributed by atoms with van der Waals surface area (Å²) < 4.78 is 0. The molecule has 0 aliphatic rings. The Morgan fingerprint density at radius 1 is 1.47 bits per heavy atom. The average Bonchev–Trinajstić information content (AvgIpc) is 2.89. The van der Waals surface area contributed by atoms with E-state index in [0.29, 0.717) is 6.04 Å². The maximum atomic E-state index is 6.00. The van der Waals surface area contributed by atoms with E-state index in [2.05, 4.69) is 23.3 Å². The van der Waals surface area contributed by atoms with Crippen LogP contribution in [0, 0.1) is 0 Å². The monoisotopic (exact) mass is 312 g/mol. The smallest absolute Gasteiger partial charge is 0.0940 e. The molecule has 0 aliphatic heterocycles. The summed E-state index contributed by atoms with van der Waals surface area (Å²) >= 11 is 9.55. The summed E-state index contributed by atoms with van der Waals surface area (Å²) in [6.07, 6.45) is 2.85. The van der Waals surface area contributed by atoms with Gasteiger partial charge in [-0.25, -0.2) is 4.98 Å². The first-order valence-corrected chi connectivity index (χ1v) is 8.52. The van der Waals surface area contributed by atoms with Gasteiger partial charge in [-0.3, -0.25) is 0 Å². The highest BCUT2D eigenvalue weighted by Crippen LogP contribution is 2.23. The molecule has 0 bridgehead atoms. The number of nitrogens with one attached hydrogen (secondary N) is 1. The van der Waals surface area contributed by atoms with Gasteiger partial charge in [0.05, 0.1) is 5.01 Å². The lowest BCUT2D eigenvalue weighted by atomic mass is 10.2. The molecule has 1 aromatic carbocycles. The van der Waals surface area contributed by atoms with Crippen molar-refractivity contribution in [3.05, 3.63) is 45.9 Å². The van der Waals surface area contributed by atoms with Crippen LogP contribution in [-0.2, 0) is 6.42 Å². The van der Waals surface area contributed by atoms with Crippen LogP contribution in [0.5, 0.6) is 0 Å². The Bertz CT molecular complexity index is 488. The number of likely N-dealkylation sites (N-methyl/N-ethyl adjacent to an activating group) is 1. The second-order valence-corrected chi connectivity index (χ2v) is 6.66. The molecule has 19 heavy (non-hydrogen) atoms. The van der Waals surface area contributed by atoms with Crippen LogP contribution < -0.4 is 5.32 Å². The van der Waals surface area contributed by atoms with E-state index in [1.54, 1.807) is 11.3 Å². The number of aromatic nitrogens is 1. The number of thioether (sulfide) groups is 1. The predicted molar refractivity (Wildman–Crippen MR) is 85.5 cm³/mol. The molecular weight excluding hydrogens is 296 g/mol. The first-order valence-electron chi connectivity index (χ1n) is 6.28. The van der Waals surface area contributed by atoms with Crippen LogP contribution in [0.2, 0.25) is 5.02 Å². The minimum atomic E-state index is 0.445. The second kappa shape index (κ2) is 7.90. The fraction of sp³-hybridized carbons (Fsp3) is 0.357. The van der Waals surface area contributed by atoms with Gasteiger partial charge < -0.3 is 5.32 Å². The molecular formula is C14H17ClN2S2. The fourth-order valence-corrected chi connectivity index (χ4v) is 3.76. The zero-order valence-electron chi connectivity index (χ0n) is 10.8. The van der Waals surface area contributed by atoms with Gasteiger partial charge in [0.1, 0.15) is 0 Å². The van der Waals surface area contributed by atoms with Crippen molar-refractivity contribution in [1.29, 1.82) is 0 Å². The van der Waals surface area contributed by atoms with Crippen LogP contribution in [0.4, 0.5) is 0 Å². The summed E-state index contributed by atoms with van der Waals surface area (Å²) in [5.41, 5.74) is 0. The van der Waals surface area contributed by atoms with Crippen LogP contribution in [0.25, 0.3) is 0 Å². The maximum Gasteiger partial charge on any atom is 0.0940 e. The molecule has 102 valence electrons. The number of thiazole rings is 1. The Balaban J connectivity index is 1.89. The molecule has 0 saturated heterocycles. The quantitative estimate of drug-likeness (QED) is 0.779. The van der Waals surface area contributed by atoms with E-state index in [1.807, 2.05) is 41.5 Å². The van der Waals surface area contributed by atoms with Crippen molar-refractivity contribution >= 4 is 34.7 Å². The van der Waals surface area contributed by atoms with Crippen molar-refractivity contribution in [2.75, 3.05) is 12.3 Å². The lowest BCUT2D eigenvalue weighted by molar-refractivity contribution is 0.571. The molecule has 2 nitrogen and oxygen atoms in total. The van der Waals surface area contributed by atoms with Crippen LogP contribution >= 0.6 is 34.7 Å². The molecule has 1 N–H and O–H groups in total.